The van der Waals surface area contributed by atoms with Crippen LogP contribution in [0.5, 0.6) is 0 Å². The minimum atomic E-state index is -0.0273. The number of benzene rings is 8. The lowest BCUT2D eigenvalue weighted by Gasteiger charge is -2.22. The molecule has 260 valence electrons. The summed E-state index contributed by atoms with van der Waals surface area (Å²) in [4.78, 5) is 14.7. The van der Waals surface area contributed by atoms with Gasteiger partial charge in [0.15, 0.2) is 17.5 Å². The van der Waals surface area contributed by atoms with Gasteiger partial charge in [-0.05, 0) is 84.6 Å². The van der Waals surface area contributed by atoms with Crippen molar-refractivity contribution in [3.05, 3.63) is 199 Å². The summed E-state index contributed by atoms with van der Waals surface area (Å²) in [5.74, 6) is 1.97. The predicted molar refractivity (Wildman–Crippen MR) is 228 cm³/mol. The average molecular weight is 704 g/mol. The first-order valence-electron chi connectivity index (χ1n) is 18.9. The van der Waals surface area contributed by atoms with Crippen LogP contribution in [0.2, 0.25) is 0 Å². The smallest absolute Gasteiger partial charge is 0.164 e. The van der Waals surface area contributed by atoms with Gasteiger partial charge in [-0.3, -0.25) is 0 Å². The fourth-order valence-electron chi connectivity index (χ4n) is 8.21. The first-order valence-corrected chi connectivity index (χ1v) is 18.9. The summed E-state index contributed by atoms with van der Waals surface area (Å²) in [6.07, 6.45) is 0. The zero-order valence-electron chi connectivity index (χ0n) is 30.7. The van der Waals surface area contributed by atoms with E-state index < -0.39 is 0 Å². The summed E-state index contributed by atoms with van der Waals surface area (Å²) in [5, 5.41) is 2.42. The highest BCUT2D eigenvalue weighted by Gasteiger charge is 2.35. The lowest BCUT2D eigenvalue weighted by Crippen LogP contribution is -2.14. The topological polar surface area (TPSA) is 38.7 Å². The molecule has 1 aliphatic carbocycles. The van der Waals surface area contributed by atoms with Crippen LogP contribution in [-0.4, -0.2) is 15.0 Å². The van der Waals surface area contributed by atoms with Crippen molar-refractivity contribution >= 4 is 10.8 Å². The molecule has 1 aromatic heterocycles. The molecule has 1 heterocycles. The van der Waals surface area contributed by atoms with Gasteiger partial charge in [-0.2, -0.15) is 0 Å². The van der Waals surface area contributed by atoms with Crippen molar-refractivity contribution in [2.45, 2.75) is 19.3 Å². The lowest BCUT2D eigenvalue weighted by atomic mass is 9.81. The van der Waals surface area contributed by atoms with E-state index in [4.69, 9.17) is 15.0 Å². The highest BCUT2D eigenvalue weighted by molar-refractivity contribution is 5.99. The Morgan fingerprint density at radius 1 is 0.309 bits per heavy atom. The number of hydrogen-bond donors (Lipinski definition) is 0. The highest BCUT2D eigenvalue weighted by Crippen LogP contribution is 2.49. The van der Waals surface area contributed by atoms with Gasteiger partial charge in [0.25, 0.3) is 0 Å². The van der Waals surface area contributed by atoms with Gasteiger partial charge in [0.05, 0.1) is 0 Å². The number of hydrogen-bond acceptors (Lipinski definition) is 3. The molecule has 0 atom stereocenters. The molecule has 0 bridgehead atoms. The SMILES string of the molecule is CC1(C)c2ccccc2-c2ccc(-c3cccc(-c4ccc5c(-c6ccc(-c7nc(-c8ccccc8)nc(-c8ccccc8)n7)cc6)cccc5c4)c3)cc21. The van der Waals surface area contributed by atoms with Crippen LogP contribution in [0, 0.1) is 0 Å². The van der Waals surface area contributed by atoms with E-state index in [2.05, 4.69) is 141 Å². The maximum absolute atomic E-state index is 4.92. The molecule has 3 nitrogen and oxygen atoms in total. The first kappa shape index (κ1) is 32.7. The fraction of sp³-hybridized carbons (Fsp3) is 0.0577. The molecule has 0 radical (unpaired) electrons. The van der Waals surface area contributed by atoms with Crippen LogP contribution in [0.25, 0.3) is 89.4 Å². The summed E-state index contributed by atoms with van der Waals surface area (Å²) < 4.78 is 0. The minimum Gasteiger partial charge on any atom is -0.208 e. The second kappa shape index (κ2) is 13.2. The van der Waals surface area contributed by atoms with Gasteiger partial charge >= 0.3 is 0 Å². The average Bonchev–Trinajstić information content (AvgIpc) is 3.49. The molecule has 3 heteroatoms. The maximum Gasteiger partial charge on any atom is 0.164 e. The van der Waals surface area contributed by atoms with Gasteiger partial charge < -0.3 is 0 Å². The van der Waals surface area contributed by atoms with E-state index in [1.807, 2.05) is 60.7 Å². The third-order valence-electron chi connectivity index (χ3n) is 11.1. The van der Waals surface area contributed by atoms with E-state index in [9.17, 15) is 0 Å². The Bertz CT molecular complexity index is 2820. The molecule has 55 heavy (non-hydrogen) atoms. The van der Waals surface area contributed by atoms with Gasteiger partial charge in [0.1, 0.15) is 0 Å². The van der Waals surface area contributed by atoms with Gasteiger partial charge in [0, 0.05) is 22.1 Å². The zero-order chi connectivity index (χ0) is 36.9. The number of nitrogens with zero attached hydrogens (tertiary/aromatic N) is 3. The fourth-order valence-corrected chi connectivity index (χ4v) is 8.21. The van der Waals surface area contributed by atoms with Crippen LogP contribution in [0.1, 0.15) is 25.0 Å². The standard InChI is InChI=1S/C52H37N3/c1-52(2)47-22-10-9-20-45(47)46-30-28-41(33-48(46)52)39-18-11-17-38(31-39)40-27-29-44-42(32-40)19-12-21-43(44)34-23-25-37(26-24-34)51-54-49(35-13-5-3-6-14-35)53-50(55-51)36-15-7-4-8-16-36/h3-33H,1-2H3. The van der Waals surface area contributed by atoms with Crippen LogP contribution in [0.3, 0.4) is 0 Å². The molecule has 0 saturated heterocycles. The number of fused-ring (bicyclic) bond motifs is 4. The number of rotatable bonds is 6. The molecular weight excluding hydrogens is 667 g/mol. The molecule has 0 N–H and O–H groups in total. The van der Waals surface area contributed by atoms with Crippen molar-refractivity contribution in [3.63, 3.8) is 0 Å². The van der Waals surface area contributed by atoms with Gasteiger partial charge in [0.2, 0.25) is 0 Å². The van der Waals surface area contributed by atoms with E-state index in [-0.39, 0.29) is 5.41 Å². The minimum absolute atomic E-state index is 0.0273. The maximum atomic E-state index is 4.92. The highest BCUT2D eigenvalue weighted by atomic mass is 15.0. The van der Waals surface area contributed by atoms with Crippen LogP contribution in [0.15, 0.2) is 188 Å². The van der Waals surface area contributed by atoms with Crippen molar-refractivity contribution in [2.75, 3.05) is 0 Å². The molecular formula is C52H37N3. The third kappa shape index (κ3) is 5.82. The first-order chi connectivity index (χ1) is 27.0. The second-order valence-electron chi connectivity index (χ2n) is 14.9. The van der Waals surface area contributed by atoms with Gasteiger partial charge in [-0.1, -0.05) is 184 Å². The summed E-state index contributed by atoms with van der Waals surface area (Å²) >= 11 is 0. The van der Waals surface area contributed by atoms with E-state index in [0.29, 0.717) is 17.5 Å². The third-order valence-corrected chi connectivity index (χ3v) is 11.1. The Morgan fingerprint density at radius 3 is 1.44 bits per heavy atom. The quantitative estimate of drug-likeness (QED) is 0.173. The van der Waals surface area contributed by atoms with Crippen LogP contribution in [0.4, 0.5) is 0 Å². The van der Waals surface area contributed by atoms with Crippen molar-refractivity contribution < 1.29 is 0 Å². The van der Waals surface area contributed by atoms with E-state index in [0.717, 1.165) is 22.3 Å². The Balaban J connectivity index is 0.963. The monoisotopic (exact) mass is 703 g/mol. The van der Waals surface area contributed by atoms with Crippen molar-refractivity contribution in [1.82, 2.24) is 15.0 Å². The van der Waals surface area contributed by atoms with Crippen molar-refractivity contribution in [3.8, 4) is 78.7 Å². The Morgan fingerprint density at radius 2 is 0.764 bits per heavy atom. The van der Waals surface area contributed by atoms with E-state index in [1.165, 1.54) is 60.8 Å². The summed E-state index contributed by atoms with van der Waals surface area (Å²) in [7, 11) is 0. The summed E-state index contributed by atoms with van der Waals surface area (Å²) in [5.41, 5.74) is 15.6. The molecule has 1 aliphatic rings. The van der Waals surface area contributed by atoms with Gasteiger partial charge in [-0.25, -0.2) is 15.0 Å². The molecule has 0 spiro atoms. The van der Waals surface area contributed by atoms with Crippen LogP contribution < -0.4 is 0 Å². The molecule has 0 saturated carbocycles. The van der Waals surface area contributed by atoms with Crippen LogP contribution >= 0.6 is 0 Å². The Kier molecular flexibility index (Phi) is 7.81. The van der Waals surface area contributed by atoms with Crippen LogP contribution in [-0.2, 0) is 5.41 Å². The zero-order valence-corrected chi connectivity index (χ0v) is 30.7. The molecule has 9 aromatic rings. The summed E-state index contributed by atoms with van der Waals surface area (Å²) in [6, 6.07) is 66.9. The van der Waals surface area contributed by atoms with Gasteiger partial charge in [-0.15, -0.1) is 0 Å². The molecule has 10 rings (SSSR count). The normalized spacial score (nSPS) is 12.7. The van der Waals surface area contributed by atoms with E-state index in [1.54, 1.807) is 0 Å². The second-order valence-corrected chi connectivity index (χ2v) is 14.9. The molecule has 0 unspecified atom stereocenters. The summed E-state index contributed by atoms with van der Waals surface area (Å²) in [6.45, 7) is 4.68. The Labute approximate surface area is 321 Å². The molecule has 0 aliphatic heterocycles. The molecule has 0 amide bonds. The largest absolute Gasteiger partial charge is 0.208 e. The predicted octanol–water partition coefficient (Wildman–Crippen LogP) is 13.3. The lowest BCUT2D eigenvalue weighted by molar-refractivity contribution is 0.660. The van der Waals surface area contributed by atoms with Crippen molar-refractivity contribution in [2.24, 2.45) is 0 Å². The molecule has 8 aromatic carbocycles. The van der Waals surface area contributed by atoms with Crippen molar-refractivity contribution in [1.29, 1.82) is 0 Å². The molecule has 0 fully saturated rings. The Hall–Kier alpha value is -6.97. The number of aromatic nitrogens is 3. The van der Waals surface area contributed by atoms with E-state index >= 15 is 0 Å².